The van der Waals surface area contributed by atoms with Crippen molar-refractivity contribution < 1.29 is 0 Å². The van der Waals surface area contributed by atoms with Crippen molar-refractivity contribution in [2.45, 2.75) is 53.1 Å². The Balaban J connectivity index is 1.84. The van der Waals surface area contributed by atoms with Gasteiger partial charge in [-0.3, -0.25) is 0 Å². The van der Waals surface area contributed by atoms with Crippen LogP contribution in [0.4, 0.5) is 0 Å². The zero-order valence-electron chi connectivity index (χ0n) is 14.9. The largest absolute Gasteiger partial charge is 0.357 e. The molecule has 1 saturated heterocycles. The molecule has 130 valence electrons. The summed E-state index contributed by atoms with van der Waals surface area (Å²) >= 11 is 1.72. The van der Waals surface area contributed by atoms with Gasteiger partial charge in [0.15, 0.2) is 5.96 Å². The summed E-state index contributed by atoms with van der Waals surface area (Å²) in [6.07, 6.45) is 4.52. The highest BCUT2D eigenvalue weighted by Gasteiger charge is 2.21. The summed E-state index contributed by atoms with van der Waals surface area (Å²) in [5.41, 5.74) is 0. The molecule has 1 aliphatic heterocycles. The van der Waals surface area contributed by atoms with Crippen molar-refractivity contribution in [2.75, 3.05) is 26.2 Å². The number of aryl methyl sites for hydroxylation is 1. The van der Waals surface area contributed by atoms with E-state index in [-0.39, 0.29) is 0 Å². The Morgan fingerprint density at radius 3 is 2.96 bits per heavy atom. The lowest BCUT2D eigenvalue weighted by Gasteiger charge is -2.35. The van der Waals surface area contributed by atoms with E-state index >= 15 is 0 Å². The second-order valence-corrected chi connectivity index (χ2v) is 7.86. The molecule has 2 heterocycles. The first-order valence-electron chi connectivity index (χ1n) is 8.76. The van der Waals surface area contributed by atoms with Crippen LogP contribution in [0, 0.1) is 12.8 Å². The molecule has 0 spiro atoms. The molecule has 1 atom stereocenters. The molecule has 5 nitrogen and oxygen atoms in total. The van der Waals surface area contributed by atoms with Crippen molar-refractivity contribution >= 4 is 17.3 Å². The van der Waals surface area contributed by atoms with Gasteiger partial charge in [0.05, 0.1) is 6.54 Å². The molecule has 0 amide bonds. The average Bonchev–Trinajstić information content (AvgIpc) is 2.96. The molecule has 0 aromatic carbocycles. The molecule has 1 unspecified atom stereocenters. The van der Waals surface area contributed by atoms with E-state index in [9.17, 15) is 0 Å². The van der Waals surface area contributed by atoms with Gasteiger partial charge < -0.3 is 15.5 Å². The lowest BCUT2D eigenvalue weighted by atomic mass is 9.97. The van der Waals surface area contributed by atoms with Crippen LogP contribution in [0.5, 0.6) is 0 Å². The summed E-state index contributed by atoms with van der Waals surface area (Å²) < 4.78 is 0. The standard InChI is InChI=1S/C17H31N5S/c1-5-18-17(21-11-16-19-9-14(4)23-16)20-10-15-7-6-8-22(12-15)13(2)3/h9,13,15H,5-8,10-12H2,1-4H3,(H2,18,20,21). The number of aromatic nitrogens is 1. The first-order chi connectivity index (χ1) is 11.1. The van der Waals surface area contributed by atoms with Crippen LogP contribution in [0.1, 0.15) is 43.5 Å². The number of hydrogen-bond donors (Lipinski definition) is 2. The predicted molar refractivity (Wildman–Crippen MR) is 99.1 cm³/mol. The molecule has 0 saturated carbocycles. The Hall–Kier alpha value is -1.14. The number of rotatable bonds is 6. The van der Waals surface area contributed by atoms with E-state index in [4.69, 9.17) is 0 Å². The smallest absolute Gasteiger partial charge is 0.191 e. The second kappa shape index (κ2) is 9.23. The van der Waals surface area contributed by atoms with Crippen LogP contribution in [0.3, 0.4) is 0 Å². The lowest BCUT2D eigenvalue weighted by Crippen LogP contribution is -2.46. The van der Waals surface area contributed by atoms with Crippen molar-refractivity contribution in [3.8, 4) is 0 Å². The van der Waals surface area contributed by atoms with Gasteiger partial charge in [-0.1, -0.05) is 0 Å². The summed E-state index contributed by atoms with van der Waals surface area (Å²) in [6, 6.07) is 0.646. The van der Waals surface area contributed by atoms with E-state index in [0.29, 0.717) is 18.5 Å². The van der Waals surface area contributed by atoms with E-state index in [1.54, 1.807) is 11.3 Å². The van der Waals surface area contributed by atoms with Gasteiger partial charge >= 0.3 is 0 Å². The fourth-order valence-electron chi connectivity index (χ4n) is 2.94. The molecule has 6 heteroatoms. The van der Waals surface area contributed by atoms with E-state index in [1.807, 2.05) is 6.20 Å². The highest BCUT2D eigenvalue weighted by atomic mass is 32.1. The highest BCUT2D eigenvalue weighted by Crippen LogP contribution is 2.17. The molecule has 1 aromatic rings. The third kappa shape index (κ3) is 6.11. The number of nitrogens with zero attached hydrogens (tertiary/aromatic N) is 3. The average molecular weight is 338 g/mol. The Labute approximate surface area is 144 Å². The van der Waals surface area contributed by atoms with Gasteiger partial charge in [-0.05, 0) is 53.0 Å². The maximum Gasteiger partial charge on any atom is 0.191 e. The number of thiazole rings is 1. The fourth-order valence-corrected chi connectivity index (χ4v) is 3.65. The number of likely N-dealkylation sites (tertiary alicyclic amines) is 1. The van der Waals surface area contributed by atoms with Crippen LogP contribution >= 0.6 is 11.3 Å². The molecule has 23 heavy (non-hydrogen) atoms. The molecule has 2 rings (SSSR count). The fraction of sp³-hybridized carbons (Fsp3) is 0.765. The zero-order valence-corrected chi connectivity index (χ0v) is 15.7. The molecule has 0 radical (unpaired) electrons. The molecular formula is C17H31N5S. The first kappa shape index (κ1) is 18.2. The van der Waals surface area contributed by atoms with Crippen LogP contribution in [-0.2, 0) is 6.54 Å². The van der Waals surface area contributed by atoms with Gasteiger partial charge in [-0.25, -0.2) is 9.98 Å². The van der Waals surface area contributed by atoms with E-state index in [2.05, 4.69) is 53.2 Å². The van der Waals surface area contributed by atoms with Crippen molar-refractivity contribution in [2.24, 2.45) is 10.9 Å². The Morgan fingerprint density at radius 2 is 2.30 bits per heavy atom. The van der Waals surface area contributed by atoms with Crippen molar-refractivity contribution in [3.05, 3.63) is 16.1 Å². The lowest BCUT2D eigenvalue weighted by molar-refractivity contribution is 0.141. The topological polar surface area (TPSA) is 52.6 Å². The summed E-state index contributed by atoms with van der Waals surface area (Å²) in [5.74, 6) is 1.61. The molecular weight excluding hydrogens is 306 g/mol. The van der Waals surface area contributed by atoms with Crippen LogP contribution < -0.4 is 10.6 Å². The SMILES string of the molecule is CCNC(=NCc1ncc(C)s1)NCC1CCCN(C(C)C)C1. The third-order valence-corrected chi connectivity index (χ3v) is 5.12. The third-order valence-electron chi connectivity index (χ3n) is 4.22. The van der Waals surface area contributed by atoms with Gasteiger partial charge in [0.25, 0.3) is 0 Å². The number of nitrogens with one attached hydrogen (secondary N) is 2. The van der Waals surface area contributed by atoms with E-state index in [1.165, 1.54) is 30.8 Å². The Bertz CT molecular complexity index is 497. The van der Waals surface area contributed by atoms with Crippen LogP contribution in [0.25, 0.3) is 0 Å². The summed E-state index contributed by atoms with van der Waals surface area (Å²) in [7, 11) is 0. The van der Waals surface area contributed by atoms with Crippen molar-refractivity contribution in [1.29, 1.82) is 0 Å². The van der Waals surface area contributed by atoms with Gasteiger partial charge in [0.2, 0.25) is 0 Å². The van der Waals surface area contributed by atoms with Crippen LogP contribution in [0.15, 0.2) is 11.2 Å². The molecule has 1 aromatic heterocycles. The Kier molecular flexibility index (Phi) is 7.30. The zero-order chi connectivity index (χ0) is 16.7. The number of piperidine rings is 1. The number of guanidine groups is 1. The van der Waals surface area contributed by atoms with Gasteiger partial charge in [-0.2, -0.15) is 0 Å². The maximum atomic E-state index is 4.66. The molecule has 1 fully saturated rings. The quantitative estimate of drug-likeness (QED) is 0.619. The minimum absolute atomic E-state index is 0.646. The molecule has 2 N–H and O–H groups in total. The summed E-state index contributed by atoms with van der Waals surface area (Å²) in [6.45, 7) is 13.7. The van der Waals surface area contributed by atoms with Gasteiger partial charge in [0.1, 0.15) is 5.01 Å². The normalized spacial score (nSPS) is 20.0. The minimum Gasteiger partial charge on any atom is -0.357 e. The van der Waals surface area contributed by atoms with E-state index in [0.717, 1.165) is 24.1 Å². The van der Waals surface area contributed by atoms with Crippen molar-refractivity contribution in [1.82, 2.24) is 20.5 Å². The number of aliphatic imine (C=N–C) groups is 1. The molecule has 1 aliphatic rings. The summed E-state index contributed by atoms with van der Waals surface area (Å²) in [4.78, 5) is 12.9. The molecule has 0 aliphatic carbocycles. The van der Waals surface area contributed by atoms with E-state index < -0.39 is 0 Å². The van der Waals surface area contributed by atoms with Gasteiger partial charge in [0, 0.05) is 36.8 Å². The maximum absolute atomic E-state index is 4.66. The Morgan fingerprint density at radius 1 is 1.48 bits per heavy atom. The number of hydrogen-bond acceptors (Lipinski definition) is 4. The van der Waals surface area contributed by atoms with Crippen LogP contribution in [0.2, 0.25) is 0 Å². The minimum atomic E-state index is 0.646. The second-order valence-electron chi connectivity index (χ2n) is 6.54. The predicted octanol–water partition coefficient (Wildman–Crippen LogP) is 2.63. The molecule has 0 bridgehead atoms. The monoisotopic (exact) mass is 337 g/mol. The van der Waals surface area contributed by atoms with Crippen LogP contribution in [-0.4, -0.2) is 48.1 Å². The first-order valence-corrected chi connectivity index (χ1v) is 9.57. The van der Waals surface area contributed by atoms with Crippen molar-refractivity contribution in [3.63, 3.8) is 0 Å². The van der Waals surface area contributed by atoms with Gasteiger partial charge in [-0.15, -0.1) is 11.3 Å². The summed E-state index contributed by atoms with van der Waals surface area (Å²) in [5, 5.41) is 7.92. The highest BCUT2D eigenvalue weighted by molar-refractivity contribution is 7.11.